The van der Waals surface area contributed by atoms with Crippen molar-refractivity contribution in [2.24, 2.45) is 5.14 Å². The second-order valence-electron chi connectivity index (χ2n) is 4.53. The number of hydrogen-bond acceptors (Lipinski definition) is 4. The topological polar surface area (TPSA) is 98.5 Å². The van der Waals surface area contributed by atoms with Crippen LogP contribution in [-0.4, -0.2) is 27.0 Å². The summed E-state index contributed by atoms with van der Waals surface area (Å²) in [4.78, 5) is 11.8. The number of carbonyl (C=O) groups is 1. The zero-order chi connectivity index (χ0) is 14.8. The highest BCUT2D eigenvalue weighted by atomic mass is 79.9. The van der Waals surface area contributed by atoms with E-state index in [1.165, 1.54) is 18.2 Å². The average molecular weight is 363 g/mol. The molecule has 1 heterocycles. The van der Waals surface area contributed by atoms with Gasteiger partial charge in [-0.2, -0.15) is 0 Å². The van der Waals surface area contributed by atoms with E-state index < -0.39 is 16.1 Å². The summed E-state index contributed by atoms with van der Waals surface area (Å²) in [5.74, 6) is 0.268. The third-order valence-electron chi connectivity index (χ3n) is 2.99. The second-order valence-corrected chi connectivity index (χ2v) is 6.95. The first-order valence-corrected chi connectivity index (χ1v) is 8.48. The fourth-order valence-electron chi connectivity index (χ4n) is 1.93. The molecule has 8 heteroatoms. The molecule has 1 saturated heterocycles. The van der Waals surface area contributed by atoms with Crippen LogP contribution in [0, 0.1) is 0 Å². The molecule has 0 radical (unpaired) electrons. The number of hydrogen-bond donors (Lipinski definition) is 2. The summed E-state index contributed by atoms with van der Waals surface area (Å²) in [6.07, 6.45) is 1.90. The monoisotopic (exact) mass is 362 g/mol. The Labute approximate surface area is 125 Å². The summed E-state index contributed by atoms with van der Waals surface area (Å²) in [7, 11) is -3.76. The van der Waals surface area contributed by atoms with Crippen molar-refractivity contribution in [2.75, 3.05) is 6.54 Å². The van der Waals surface area contributed by atoms with Crippen LogP contribution in [0.25, 0.3) is 0 Å². The Morgan fingerprint density at radius 1 is 1.35 bits per heavy atom. The molecule has 0 bridgehead atoms. The van der Waals surface area contributed by atoms with Crippen LogP contribution in [0.2, 0.25) is 0 Å². The van der Waals surface area contributed by atoms with Gasteiger partial charge in [0.2, 0.25) is 10.0 Å². The lowest BCUT2D eigenvalue weighted by Crippen LogP contribution is -2.36. The van der Waals surface area contributed by atoms with Gasteiger partial charge in [0.25, 0.3) is 5.91 Å². The van der Waals surface area contributed by atoms with Crippen LogP contribution in [0.1, 0.15) is 19.3 Å². The Morgan fingerprint density at radius 3 is 2.75 bits per heavy atom. The summed E-state index contributed by atoms with van der Waals surface area (Å²) >= 11 is 3.23. The van der Waals surface area contributed by atoms with Crippen molar-refractivity contribution in [3.8, 4) is 5.75 Å². The molecule has 3 N–H and O–H groups in total. The standard InChI is InChI=1S/C12H15BrN2O4S/c13-9-7-8(20(14,17)18)4-5-10(9)19-11-3-1-2-6-15-12(11)16/h4-5,7,11H,1-3,6H2,(H,15,16)(H2,14,17,18). The van der Waals surface area contributed by atoms with E-state index in [1.807, 2.05) is 0 Å². The first-order valence-electron chi connectivity index (χ1n) is 6.14. The van der Waals surface area contributed by atoms with E-state index in [9.17, 15) is 13.2 Å². The number of benzene rings is 1. The predicted octanol–water partition coefficient (Wildman–Crippen LogP) is 1.14. The van der Waals surface area contributed by atoms with Crippen molar-refractivity contribution < 1.29 is 17.9 Å². The van der Waals surface area contributed by atoms with E-state index in [4.69, 9.17) is 9.88 Å². The van der Waals surface area contributed by atoms with Gasteiger partial charge >= 0.3 is 0 Å². The van der Waals surface area contributed by atoms with Gasteiger partial charge < -0.3 is 10.1 Å². The molecule has 1 unspecified atom stereocenters. The maximum Gasteiger partial charge on any atom is 0.261 e. The normalized spacial score (nSPS) is 20.1. The summed E-state index contributed by atoms with van der Waals surface area (Å²) in [6.45, 7) is 0.657. The Balaban J connectivity index is 2.19. The quantitative estimate of drug-likeness (QED) is 0.842. The Morgan fingerprint density at radius 2 is 2.10 bits per heavy atom. The number of rotatable bonds is 3. The number of nitrogens with one attached hydrogen (secondary N) is 1. The van der Waals surface area contributed by atoms with Gasteiger partial charge in [0.1, 0.15) is 5.75 Å². The molecule has 1 fully saturated rings. The van der Waals surface area contributed by atoms with Gasteiger partial charge in [-0.1, -0.05) is 0 Å². The van der Waals surface area contributed by atoms with Crippen molar-refractivity contribution >= 4 is 31.9 Å². The first-order chi connectivity index (χ1) is 9.38. The van der Waals surface area contributed by atoms with E-state index in [-0.39, 0.29) is 10.8 Å². The molecule has 0 spiro atoms. The average Bonchev–Trinajstić information content (AvgIpc) is 2.56. The van der Waals surface area contributed by atoms with E-state index in [2.05, 4.69) is 21.2 Å². The van der Waals surface area contributed by atoms with E-state index >= 15 is 0 Å². The van der Waals surface area contributed by atoms with Gasteiger partial charge in [0.15, 0.2) is 6.10 Å². The van der Waals surface area contributed by atoms with Crippen LogP contribution in [0.3, 0.4) is 0 Å². The van der Waals surface area contributed by atoms with E-state index in [0.29, 0.717) is 23.2 Å². The zero-order valence-corrected chi connectivity index (χ0v) is 13.0. The van der Waals surface area contributed by atoms with Crippen molar-refractivity contribution in [1.29, 1.82) is 0 Å². The van der Waals surface area contributed by atoms with Gasteiger partial charge in [-0.25, -0.2) is 13.6 Å². The van der Waals surface area contributed by atoms with Crippen molar-refractivity contribution in [2.45, 2.75) is 30.3 Å². The minimum Gasteiger partial charge on any atom is -0.479 e. The summed E-state index contributed by atoms with van der Waals surface area (Å²) in [5.41, 5.74) is 0. The fourth-order valence-corrected chi connectivity index (χ4v) is 3.09. The highest BCUT2D eigenvalue weighted by Crippen LogP contribution is 2.29. The lowest BCUT2D eigenvalue weighted by molar-refractivity contribution is -0.127. The molecule has 0 saturated carbocycles. The predicted molar refractivity (Wildman–Crippen MR) is 76.8 cm³/mol. The molecule has 1 aromatic rings. The third-order valence-corrected chi connectivity index (χ3v) is 4.52. The number of amides is 1. The smallest absolute Gasteiger partial charge is 0.261 e. The van der Waals surface area contributed by atoms with Gasteiger partial charge in [-0.3, -0.25) is 4.79 Å². The first kappa shape index (κ1) is 15.3. The summed E-state index contributed by atoms with van der Waals surface area (Å²) < 4.78 is 28.6. The minimum atomic E-state index is -3.76. The second kappa shape index (κ2) is 6.11. The molecule has 0 aliphatic carbocycles. The lowest BCUT2D eigenvalue weighted by atomic mass is 10.2. The zero-order valence-electron chi connectivity index (χ0n) is 10.6. The SMILES string of the molecule is NS(=O)(=O)c1ccc(OC2CCCCNC2=O)c(Br)c1. The highest BCUT2D eigenvalue weighted by Gasteiger charge is 2.23. The molecule has 1 aliphatic rings. The van der Waals surface area contributed by atoms with Crippen LogP contribution in [0.4, 0.5) is 0 Å². The molecule has 2 rings (SSSR count). The van der Waals surface area contributed by atoms with E-state index in [1.54, 1.807) is 0 Å². The summed E-state index contributed by atoms with van der Waals surface area (Å²) in [5, 5.41) is 7.82. The number of halogens is 1. The van der Waals surface area contributed by atoms with Gasteiger partial charge in [-0.05, 0) is 53.4 Å². The fraction of sp³-hybridized carbons (Fsp3) is 0.417. The Kier molecular flexibility index (Phi) is 4.66. The van der Waals surface area contributed by atoms with Crippen molar-refractivity contribution in [3.63, 3.8) is 0 Å². The van der Waals surface area contributed by atoms with Gasteiger partial charge in [0.05, 0.1) is 9.37 Å². The van der Waals surface area contributed by atoms with Crippen LogP contribution >= 0.6 is 15.9 Å². The molecule has 110 valence electrons. The molecule has 1 aliphatic heterocycles. The number of nitrogens with two attached hydrogens (primary N) is 1. The largest absolute Gasteiger partial charge is 0.479 e. The molecule has 1 amide bonds. The van der Waals surface area contributed by atoms with Crippen LogP contribution in [-0.2, 0) is 14.8 Å². The number of sulfonamides is 1. The van der Waals surface area contributed by atoms with Crippen LogP contribution < -0.4 is 15.2 Å². The summed E-state index contributed by atoms with van der Waals surface area (Å²) in [6, 6.07) is 4.20. The van der Waals surface area contributed by atoms with Gasteiger partial charge in [-0.15, -0.1) is 0 Å². The van der Waals surface area contributed by atoms with Crippen molar-refractivity contribution in [3.05, 3.63) is 22.7 Å². The third kappa shape index (κ3) is 3.71. The van der Waals surface area contributed by atoms with Crippen LogP contribution in [0.15, 0.2) is 27.6 Å². The molecule has 1 atom stereocenters. The molecule has 20 heavy (non-hydrogen) atoms. The Bertz CT molecular complexity index is 618. The Hall–Kier alpha value is -1.12. The maximum absolute atomic E-state index is 11.8. The van der Waals surface area contributed by atoms with Crippen LogP contribution in [0.5, 0.6) is 5.75 Å². The maximum atomic E-state index is 11.8. The highest BCUT2D eigenvalue weighted by molar-refractivity contribution is 9.10. The number of primary sulfonamides is 1. The number of ether oxygens (including phenoxy) is 1. The van der Waals surface area contributed by atoms with Crippen molar-refractivity contribution in [1.82, 2.24) is 5.32 Å². The van der Waals surface area contributed by atoms with Gasteiger partial charge in [0, 0.05) is 6.54 Å². The lowest BCUT2D eigenvalue weighted by Gasteiger charge is -2.17. The van der Waals surface area contributed by atoms with E-state index in [0.717, 1.165) is 12.8 Å². The molecular formula is C12H15BrN2O4S. The molecule has 6 nitrogen and oxygen atoms in total. The number of carbonyl (C=O) groups excluding carboxylic acids is 1. The molecule has 1 aromatic carbocycles. The minimum absolute atomic E-state index is 0.0120. The molecular weight excluding hydrogens is 348 g/mol. The molecule has 0 aromatic heterocycles.